The molecule has 6 nitrogen and oxygen atoms in total. The van der Waals surface area contributed by atoms with Crippen molar-refractivity contribution >= 4 is 50.2 Å². The Labute approximate surface area is 299 Å². The van der Waals surface area contributed by atoms with Gasteiger partial charge in [0.15, 0.2) is 23.7 Å². The van der Waals surface area contributed by atoms with Crippen LogP contribution in [0.25, 0.3) is 32.5 Å². The monoisotopic (exact) mass is 666 g/mol. The Hall–Kier alpha value is -5.74. The number of hydrogen-bond acceptors (Lipinski definition) is 2. The van der Waals surface area contributed by atoms with Gasteiger partial charge in [-0.3, -0.25) is 4.57 Å². The molecule has 0 saturated carbocycles. The molecule has 2 aliphatic heterocycles. The normalized spacial score (nSPS) is 19.2. The van der Waals surface area contributed by atoms with Crippen LogP contribution in [0.3, 0.4) is 0 Å². The van der Waals surface area contributed by atoms with E-state index in [2.05, 4.69) is 161 Å². The Balaban J connectivity index is 1.15. The lowest BCUT2D eigenvalue weighted by molar-refractivity contribution is 0.423. The van der Waals surface area contributed by atoms with Gasteiger partial charge in [0.1, 0.15) is 17.3 Å². The highest BCUT2D eigenvalue weighted by atomic mass is 16.5. The van der Waals surface area contributed by atoms with Gasteiger partial charge in [0.2, 0.25) is 11.4 Å². The fourth-order valence-electron chi connectivity index (χ4n) is 7.93. The summed E-state index contributed by atoms with van der Waals surface area (Å²) in [7, 11) is 0. The third kappa shape index (κ3) is 4.52. The van der Waals surface area contributed by atoms with E-state index in [9.17, 15) is 0 Å². The minimum atomic E-state index is -0.0139. The van der Waals surface area contributed by atoms with Crippen molar-refractivity contribution in [3.8, 4) is 17.3 Å². The van der Waals surface area contributed by atoms with Crippen LogP contribution in [0.2, 0.25) is 0 Å². The molecule has 0 aliphatic carbocycles. The molecule has 250 valence electrons. The van der Waals surface area contributed by atoms with E-state index < -0.39 is 0 Å². The van der Waals surface area contributed by atoms with Crippen LogP contribution in [0, 0.1) is 13.2 Å². The molecule has 6 heteroatoms. The average Bonchev–Trinajstić information content (AvgIpc) is 3.61. The average molecular weight is 667 g/mol. The summed E-state index contributed by atoms with van der Waals surface area (Å²) in [6, 6.07) is 42.5. The fraction of sp³-hybridized carbons (Fsp3) is 0.178. The molecule has 1 unspecified atom stereocenters. The van der Waals surface area contributed by atoms with E-state index in [0.29, 0.717) is 26.4 Å². The molecule has 4 heterocycles. The molecule has 0 bridgehead atoms. The minimum absolute atomic E-state index is 0.0139. The quantitative estimate of drug-likeness (QED) is 0.104. The second kappa shape index (κ2) is 10.6. The Morgan fingerprint density at radius 2 is 1.31 bits per heavy atom. The lowest BCUT2D eigenvalue weighted by atomic mass is 9.87. The van der Waals surface area contributed by atoms with Crippen molar-refractivity contribution in [2.75, 3.05) is 0 Å². The van der Waals surface area contributed by atoms with Crippen molar-refractivity contribution in [3.05, 3.63) is 157 Å². The van der Waals surface area contributed by atoms with Gasteiger partial charge >= 0.3 is 0 Å². The standard InChI is InChI=1S/C45H40N5O/c1-44(2,3)30-13-12-14-33(23-30)49-29-50(49,42-18-11-10-17-41(42)49)34-25-32(46-7)26-36(27-34)51-35-19-20-38-37-15-8-9-16-39(37)48(40(38)28-35)43-24-31(21-22-47-43)45(4,5)6/h8-29H,1-6H3/q+1/t49-,50?/m0/s1. The number of ether oxygens (including phenoxy) is 1. The number of aromatic nitrogens is 2. The first-order valence-corrected chi connectivity index (χ1v) is 17.5. The van der Waals surface area contributed by atoms with Gasteiger partial charge in [0, 0.05) is 59.4 Å². The molecule has 7 aromatic rings. The Kier molecular flexibility index (Phi) is 6.52. The smallest absolute Gasteiger partial charge is 0.225 e. The van der Waals surface area contributed by atoms with E-state index in [-0.39, 0.29) is 10.8 Å². The van der Waals surface area contributed by atoms with Gasteiger partial charge in [-0.05, 0) is 58.4 Å². The summed E-state index contributed by atoms with van der Waals surface area (Å²) in [5.41, 5.74) is 9.84. The van der Waals surface area contributed by atoms with Crippen LogP contribution in [0.1, 0.15) is 52.7 Å². The predicted molar refractivity (Wildman–Crippen MR) is 209 cm³/mol. The largest absolute Gasteiger partial charge is 0.458 e. The third-order valence-electron chi connectivity index (χ3n) is 10.6. The molecule has 0 spiro atoms. The molecule has 2 aromatic heterocycles. The maximum absolute atomic E-state index is 8.06. The first-order chi connectivity index (χ1) is 24.4. The number of nitrogens with zero attached hydrogens (tertiary/aromatic N) is 5. The highest BCUT2D eigenvalue weighted by Gasteiger charge is 2.77. The lowest BCUT2D eigenvalue weighted by Gasteiger charge is -2.40. The molecular weight excluding hydrogens is 627 g/mol. The maximum Gasteiger partial charge on any atom is 0.225 e. The minimum Gasteiger partial charge on any atom is -0.458 e. The molecule has 9 rings (SSSR count). The second-order valence-electron chi connectivity index (χ2n) is 15.9. The number of para-hydroxylation sites is 3. The van der Waals surface area contributed by atoms with Crippen LogP contribution in [-0.4, -0.2) is 9.55 Å². The van der Waals surface area contributed by atoms with Crippen LogP contribution >= 0.6 is 0 Å². The topological polar surface area (TPSA) is 31.4 Å². The zero-order chi connectivity index (χ0) is 35.3. The van der Waals surface area contributed by atoms with Gasteiger partial charge < -0.3 is 4.74 Å². The van der Waals surface area contributed by atoms with Crippen molar-refractivity contribution in [3.63, 3.8) is 0 Å². The Bertz CT molecular complexity index is 2600. The van der Waals surface area contributed by atoms with Crippen LogP contribution in [-0.2, 0) is 10.8 Å². The van der Waals surface area contributed by atoms with Gasteiger partial charge in [-0.2, -0.15) is 9.18 Å². The molecule has 2 aliphatic rings. The van der Waals surface area contributed by atoms with E-state index in [1.54, 1.807) is 0 Å². The van der Waals surface area contributed by atoms with Crippen LogP contribution in [0.5, 0.6) is 11.5 Å². The second-order valence-corrected chi connectivity index (χ2v) is 15.9. The summed E-state index contributed by atoms with van der Waals surface area (Å²) in [5, 5.41) is 2.29. The van der Waals surface area contributed by atoms with Crippen molar-refractivity contribution in [2.24, 2.45) is 0 Å². The summed E-state index contributed by atoms with van der Waals surface area (Å²) in [5.74, 6) is 2.20. The molecule has 0 N–H and O–H groups in total. The maximum atomic E-state index is 8.06. The molecule has 51 heavy (non-hydrogen) atoms. The van der Waals surface area contributed by atoms with E-state index >= 15 is 0 Å². The molecule has 1 saturated heterocycles. The molecule has 2 atom stereocenters. The Morgan fingerprint density at radius 3 is 2.06 bits per heavy atom. The zero-order valence-electron chi connectivity index (χ0n) is 29.8. The predicted octanol–water partition coefficient (Wildman–Crippen LogP) is 12.5. The van der Waals surface area contributed by atoms with Crippen LogP contribution < -0.4 is 13.9 Å². The first kappa shape index (κ1) is 31.3. The number of rotatable bonds is 5. The number of benzene rings is 5. The van der Waals surface area contributed by atoms with Crippen molar-refractivity contribution < 1.29 is 4.74 Å². The van der Waals surface area contributed by atoms with E-state index in [1.165, 1.54) is 28.2 Å². The summed E-state index contributed by atoms with van der Waals surface area (Å²) >= 11 is 0. The van der Waals surface area contributed by atoms with Crippen molar-refractivity contribution in [1.29, 1.82) is 0 Å². The molecule has 5 aromatic carbocycles. The van der Waals surface area contributed by atoms with Gasteiger partial charge in [0.05, 0.1) is 17.6 Å². The number of quaternary nitrogens is 2. The molecule has 0 radical (unpaired) electrons. The van der Waals surface area contributed by atoms with Gasteiger partial charge in [0.25, 0.3) is 0 Å². The number of pyridine rings is 1. The van der Waals surface area contributed by atoms with E-state index in [1.807, 2.05) is 24.4 Å². The van der Waals surface area contributed by atoms with Crippen molar-refractivity contribution in [2.45, 2.75) is 52.4 Å². The third-order valence-corrected chi connectivity index (χ3v) is 10.6. The van der Waals surface area contributed by atoms with E-state index in [0.717, 1.165) is 33.3 Å². The fourth-order valence-corrected chi connectivity index (χ4v) is 7.93. The van der Waals surface area contributed by atoms with Gasteiger partial charge in [-0.1, -0.05) is 84.0 Å². The van der Waals surface area contributed by atoms with Crippen LogP contribution in [0.4, 0.5) is 28.4 Å². The summed E-state index contributed by atoms with van der Waals surface area (Å²) < 4.78 is 10.0. The summed E-state index contributed by atoms with van der Waals surface area (Å²) in [6.07, 6.45) is 1.90. The van der Waals surface area contributed by atoms with Crippen LogP contribution in [0.15, 0.2) is 128 Å². The van der Waals surface area contributed by atoms with E-state index in [4.69, 9.17) is 16.3 Å². The first-order valence-electron chi connectivity index (χ1n) is 17.5. The SMILES string of the molecule is [C-]#[N+]c1cc(Oc2ccc3c4ccccc4n(-c4cc(C(C)(C)C)ccn4)c3c2)cc([N+]23[CH-][N@+]2(c2cccc(C(C)(C)C)c2)c2ccccc23)c1. The van der Waals surface area contributed by atoms with Crippen molar-refractivity contribution in [1.82, 2.24) is 18.7 Å². The summed E-state index contributed by atoms with van der Waals surface area (Å²) in [4.78, 5) is 8.75. The molecule has 1 fully saturated rings. The van der Waals surface area contributed by atoms with Gasteiger partial charge in [-0.15, -0.1) is 0 Å². The zero-order valence-corrected chi connectivity index (χ0v) is 29.8. The molecular formula is C45H40N5O+. The number of hydrogen-bond donors (Lipinski definition) is 0. The van der Waals surface area contributed by atoms with Gasteiger partial charge in [-0.25, -0.2) is 9.83 Å². The Morgan fingerprint density at radius 1 is 0.627 bits per heavy atom. The summed E-state index contributed by atoms with van der Waals surface area (Å²) in [6.45, 7) is 23.8. The highest BCUT2D eigenvalue weighted by molar-refractivity contribution is 6.09. The highest BCUT2D eigenvalue weighted by Crippen LogP contribution is 2.75. The lowest BCUT2D eigenvalue weighted by Crippen LogP contribution is -2.46. The number of fused-ring (bicyclic) bond motifs is 7. The molecule has 0 amide bonds.